The van der Waals surface area contributed by atoms with Gasteiger partial charge < -0.3 is 33.2 Å². The van der Waals surface area contributed by atoms with Crippen LogP contribution in [-0.2, 0) is 42.7 Å². The summed E-state index contributed by atoms with van der Waals surface area (Å²) in [6, 6.07) is 0. The van der Waals surface area contributed by atoms with Gasteiger partial charge in [0.25, 0.3) is 0 Å². The Hall–Kier alpha value is -1.52. The lowest BCUT2D eigenvalue weighted by molar-refractivity contribution is -0.145. The van der Waals surface area contributed by atoms with Crippen LogP contribution in [0.1, 0.15) is 19.8 Å². The maximum atomic E-state index is 11.1. The van der Waals surface area contributed by atoms with Gasteiger partial charge in [-0.1, -0.05) is 13.5 Å². The first-order chi connectivity index (χ1) is 13.7. The highest BCUT2D eigenvalue weighted by atomic mass is 16.6. The summed E-state index contributed by atoms with van der Waals surface area (Å²) in [5.41, 5.74) is 0. The highest BCUT2D eigenvalue weighted by Gasteiger charge is 2.00. The average molecular weight is 406 g/mol. The van der Waals surface area contributed by atoms with Crippen molar-refractivity contribution in [3.8, 4) is 0 Å². The minimum Gasteiger partial charge on any atom is -0.463 e. The lowest BCUT2D eigenvalue weighted by Gasteiger charge is -2.08. The van der Waals surface area contributed by atoms with Crippen molar-refractivity contribution in [2.24, 2.45) is 0 Å². The van der Waals surface area contributed by atoms with Crippen LogP contribution < -0.4 is 0 Å². The maximum Gasteiger partial charge on any atom is 0.330 e. The van der Waals surface area contributed by atoms with Gasteiger partial charge in [0, 0.05) is 12.5 Å². The average Bonchev–Trinajstić information content (AvgIpc) is 2.69. The second-order valence-corrected chi connectivity index (χ2v) is 5.40. The van der Waals surface area contributed by atoms with Gasteiger partial charge in [-0.3, -0.25) is 4.79 Å². The Balaban J connectivity index is 3.07. The van der Waals surface area contributed by atoms with E-state index in [9.17, 15) is 9.59 Å². The molecule has 0 aliphatic heterocycles. The van der Waals surface area contributed by atoms with Gasteiger partial charge in [0.2, 0.25) is 0 Å². The highest BCUT2D eigenvalue weighted by Crippen LogP contribution is 1.91. The summed E-state index contributed by atoms with van der Waals surface area (Å²) in [6.45, 7) is 10.1. The van der Waals surface area contributed by atoms with Crippen LogP contribution in [0.25, 0.3) is 0 Å². The molecule has 0 saturated heterocycles. The Bertz CT molecular complexity index is 388. The van der Waals surface area contributed by atoms with Crippen LogP contribution in [0.4, 0.5) is 0 Å². The number of ether oxygens (including phenoxy) is 7. The van der Waals surface area contributed by atoms with Crippen LogP contribution in [0.2, 0.25) is 0 Å². The molecule has 0 spiro atoms. The molecule has 0 aromatic rings. The fourth-order valence-electron chi connectivity index (χ4n) is 1.73. The minimum atomic E-state index is -0.460. The fraction of sp³-hybridized carbons (Fsp3) is 0.789. The van der Waals surface area contributed by atoms with E-state index in [4.69, 9.17) is 33.2 Å². The van der Waals surface area contributed by atoms with Crippen LogP contribution in [0.15, 0.2) is 12.7 Å². The standard InChI is InChI=1S/C19H34O9/c1-3-5-19(21)28-17-15-26-13-11-24-9-7-22-6-8-23-10-12-25-14-16-27-18(20)4-2/h4H,2-3,5-17H2,1H3. The largest absolute Gasteiger partial charge is 0.463 e. The van der Waals surface area contributed by atoms with Gasteiger partial charge in [0.15, 0.2) is 0 Å². The molecule has 0 bridgehead atoms. The van der Waals surface area contributed by atoms with Crippen molar-refractivity contribution in [1.82, 2.24) is 0 Å². The first-order valence-electron chi connectivity index (χ1n) is 9.54. The number of carbonyl (C=O) groups is 2. The predicted octanol–water partition coefficient (Wildman–Crippen LogP) is 1.14. The third-order valence-electron chi connectivity index (χ3n) is 3.07. The third kappa shape index (κ3) is 20.8. The Morgan fingerprint density at radius 3 is 1.36 bits per heavy atom. The van der Waals surface area contributed by atoms with Gasteiger partial charge in [-0.2, -0.15) is 0 Å². The van der Waals surface area contributed by atoms with Crippen molar-refractivity contribution in [3.63, 3.8) is 0 Å². The summed E-state index contributed by atoms with van der Waals surface area (Å²) in [6.07, 6.45) is 2.33. The van der Waals surface area contributed by atoms with Gasteiger partial charge in [-0.25, -0.2) is 4.79 Å². The maximum absolute atomic E-state index is 11.1. The molecule has 0 aromatic heterocycles. The zero-order valence-corrected chi connectivity index (χ0v) is 16.9. The van der Waals surface area contributed by atoms with Crippen molar-refractivity contribution >= 4 is 11.9 Å². The summed E-state index contributed by atoms with van der Waals surface area (Å²) in [5.74, 6) is -0.652. The SMILES string of the molecule is C=CC(=O)OCCOCCOCCOCCOCCOCCOC(=O)CCC. The lowest BCUT2D eigenvalue weighted by atomic mass is 10.3. The van der Waals surface area contributed by atoms with Crippen molar-refractivity contribution in [3.05, 3.63) is 12.7 Å². The quantitative estimate of drug-likeness (QED) is 0.158. The monoisotopic (exact) mass is 406 g/mol. The van der Waals surface area contributed by atoms with Crippen LogP contribution in [0.3, 0.4) is 0 Å². The molecule has 0 N–H and O–H groups in total. The van der Waals surface area contributed by atoms with E-state index in [1.165, 1.54) is 0 Å². The van der Waals surface area contributed by atoms with Crippen LogP contribution in [0, 0.1) is 0 Å². The number of hydrogen-bond acceptors (Lipinski definition) is 9. The zero-order valence-electron chi connectivity index (χ0n) is 16.9. The molecule has 0 radical (unpaired) electrons. The molecule has 0 unspecified atom stereocenters. The van der Waals surface area contributed by atoms with Gasteiger partial charge in [-0.15, -0.1) is 0 Å². The molecule has 9 heteroatoms. The normalized spacial score (nSPS) is 10.6. The van der Waals surface area contributed by atoms with E-state index in [2.05, 4.69) is 6.58 Å². The summed E-state index contributed by atoms with van der Waals surface area (Å²) in [5, 5.41) is 0. The van der Waals surface area contributed by atoms with Crippen LogP contribution in [-0.4, -0.2) is 91.2 Å². The Kier molecular flexibility index (Phi) is 20.6. The second-order valence-electron chi connectivity index (χ2n) is 5.40. The smallest absolute Gasteiger partial charge is 0.330 e. The second kappa shape index (κ2) is 21.8. The molecule has 0 fully saturated rings. The number of esters is 2. The van der Waals surface area contributed by atoms with Gasteiger partial charge in [-0.05, 0) is 6.42 Å². The van der Waals surface area contributed by atoms with Crippen molar-refractivity contribution in [2.75, 3.05) is 79.3 Å². The number of rotatable bonds is 21. The summed E-state index contributed by atoms with van der Waals surface area (Å²) in [4.78, 5) is 21.9. The van der Waals surface area contributed by atoms with Crippen LogP contribution in [0.5, 0.6) is 0 Å². The minimum absolute atomic E-state index is 0.192. The molecular formula is C19H34O9. The summed E-state index contributed by atoms with van der Waals surface area (Å²) >= 11 is 0. The Morgan fingerprint density at radius 2 is 1.00 bits per heavy atom. The zero-order chi connectivity index (χ0) is 20.7. The number of carbonyl (C=O) groups excluding carboxylic acids is 2. The van der Waals surface area contributed by atoms with E-state index < -0.39 is 5.97 Å². The Labute approximate surface area is 167 Å². The van der Waals surface area contributed by atoms with E-state index in [1.807, 2.05) is 6.92 Å². The van der Waals surface area contributed by atoms with Gasteiger partial charge >= 0.3 is 11.9 Å². The first-order valence-corrected chi connectivity index (χ1v) is 9.54. The molecule has 0 amide bonds. The van der Waals surface area contributed by atoms with E-state index in [0.29, 0.717) is 72.5 Å². The van der Waals surface area contributed by atoms with Crippen molar-refractivity contribution < 1.29 is 42.7 Å². The summed E-state index contributed by atoms with van der Waals surface area (Å²) < 4.78 is 36.2. The molecule has 0 heterocycles. The van der Waals surface area contributed by atoms with Gasteiger partial charge in [0.1, 0.15) is 13.2 Å². The third-order valence-corrected chi connectivity index (χ3v) is 3.07. The molecule has 0 aliphatic rings. The molecule has 28 heavy (non-hydrogen) atoms. The van der Waals surface area contributed by atoms with E-state index in [-0.39, 0.29) is 19.2 Å². The highest BCUT2D eigenvalue weighted by molar-refractivity contribution is 5.81. The molecule has 0 rings (SSSR count). The Morgan fingerprint density at radius 1 is 0.643 bits per heavy atom. The molecule has 0 saturated carbocycles. The lowest BCUT2D eigenvalue weighted by Crippen LogP contribution is -2.15. The van der Waals surface area contributed by atoms with Gasteiger partial charge in [0.05, 0.1) is 66.1 Å². The van der Waals surface area contributed by atoms with E-state index in [0.717, 1.165) is 12.5 Å². The van der Waals surface area contributed by atoms with E-state index in [1.54, 1.807) is 0 Å². The number of hydrogen-bond donors (Lipinski definition) is 0. The first kappa shape index (κ1) is 26.5. The summed E-state index contributed by atoms with van der Waals surface area (Å²) in [7, 11) is 0. The molecule has 164 valence electrons. The molecule has 0 aromatic carbocycles. The van der Waals surface area contributed by atoms with Crippen molar-refractivity contribution in [1.29, 1.82) is 0 Å². The predicted molar refractivity (Wildman–Crippen MR) is 101 cm³/mol. The van der Waals surface area contributed by atoms with Crippen LogP contribution >= 0.6 is 0 Å². The molecule has 0 atom stereocenters. The molecule has 9 nitrogen and oxygen atoms in total. The van der Waals surface area contributed by atoms with E-state index >= 15 is 0 Å². The fourth-order valence-corrected chi connectivity index (χ4v) is 1.73. The van der Waals surface area contributed by atoms with Crippen molar-refractivity contribution in [2.45, 2.75) is 19.8 Å². The molecular weight excluding hydrogens is 372 g/mol. The topological polar surface area (TPSA) is 98.8 Å². The molecule has 0 aliphatic carbocycles.